The van der Waals surface area contributed by atoms with Crippen molar-refractivity contribution in [3.63, 3.8) is 0 Å². The lowest BCUT2D eigenvalue weighted by Crippen LogP contribution is -2.37. The van der Waals surface area contributed by atoms with Gasteiger partial charge in [0.1, 0.15) is 0 Å². The van der Waals surface area contributed by atoms with Crippen molar-refractivity contribution in [1.82, 2.24) is 5.32 Å². The van der Waals surface area contributed by atoms with E-state index >= 15 is 0 Å². The highest BCUT2D eigenvalue weighted by molar-refractivity contribution is 5.85. The summed E-state index contributed by atoms with van der Waals surface area (Å²) in [5.74, 6) is -1.83. The van der Waals surface area contributed by atoms with E-state index in [9.17, 15) is 9.59 Å². The first-order chi connectivity index (χ1) is 9.68. The number of aliphatic carboxylic acids is 1. The van der Waals surface area contributed by atoms with Crippen molar-refractivity contribution in [2.75, 3.05) is 13.2 Å². The largest absolute Gasteiger partial charge is 0.481 e. The number of carbonyl (C=O) groups is 2. The molecule has 2 fully saturated rings. The highest BCUT2D eigenvalue weighted by Crippen LogP contribution is 2.31. The third-order valence-electron chi connectivity index (χ3n) is 4.48. The zero-order valence-corrected chi connectivity index (χ0v) is 12.0. The van der Waals surface area contributed by atoms with Crippen LogP contribution in [0.5, 0.6) is 0 Å². The molecule has 0 aromatic heterocycles. The Morgan fingerprint density at radius 1 is 1.00 bits per heavy atom. The van der Waals surface area contributed by atoms with Crippen LogP contribution in [0.2, 0.25) is 0 Å². The molecular formula is C15H25NO4. The van der Waals surface area contributed by atoms with Crippen molar-refractivity contribution in [2.45, 2.75) is 57.5 Å². The molecule has 0 aromatic carbocycles. The number of amides is 1. The quantitative estimate of drug-likeness (QED) is 0.731. The maximum Gasteiger partial charge on any atom is 0.307 e. The van der Waals surface area contributed by atoms with Crippen molar-refractivity contribution in [1.29, 1.82) is 0 Å². The zero-order chi connectivity index (χ0) is 14.4. The third kappa shape index (κ3) is 4.20. The normalized spacial score (nSPS) is 27.4. The van der Waals surface area contributed by atoms with Crippen LogP contribution in [0.15, 0.2) is 0 Å². The molecule has 2 aliphatic carbocycles. The molecule has 5 nitrogen and oxygen atoms in total. The van der Waals surface area contributed by atoms with E-state index in [4.69, 9.17) is 9.84 Å². The predicted molar refractivity (Wildman–Crippen MR) is 74.3 cm³/mol. The van der Waals surface area contributed by atoms with Crippen LogP contribution in [0.3, 0.4) is 0 Å². The fraction of sp³-hybridized carbons (Fsp3) is 0.867. The SMILES string of the molecule is O=C(O)[C@H]1CCC[C@H]1C(=O)NCCOC1CCCCC1. The first kappa shape index (κ1) is 15.3. The molecule has 2 rings (SSSR count). The number of carbonyl (C=O) groups excluding carboxylic acids is 1. The van der Waals surface area contributed by atoms with E-state index in [1.165, 1.54) is 19.3 Å². The molecule has 0 unspecified atom stereocenters. The van der Waals surface area contributed by atoms with Gasteiger partial charge in [0.15, 0.2) is 0 Å². The molecule has 2 N–H and O–H groups in total. The molecule has 0 saturated heterocycles. The summed E-state index contributed by atoms with van der Waals surface area (Å²) >= 11 is 0. The van der Waals surface area contributed by atoms with Crippen molar-refractivity contribution in [2.24, 2.45) is 11.8 Å². The van der Waals surface area contributed by atoms with Crippen LogP contribution < -0.4 is 5.32 Å². The summed E-state index contributed by atoms with van der Waals surface area (Å²) in [5.41, 5.74) is 0. The summed E-state index contributed by atoms with van der Waals surface area (Å²) in [6.07, 6.45) is 8.49. The topological polar surface area (TPSA) is 75.6 Å². The molecular weight excluding hydrogens is 258 g/mol. The minimum atomic E-state index is -0.846. The van der Waals surface area contributed by atoms with Crippen LogP contribution in [0.4, 0.5) is 0 Å². The van der Waals surface area contributed by atoms with Gasteiger partial charge < -0.3 is 15.2 Å². The fourth-order valence-corrected chi connectivity index (χ4v) is 3.33. The van der Waals surface area contributed by atoms with Crippen LogP contribution in [0, 0.1) is 11.8 Å². The van der Waals surface area contributed by atoms with Crippen molar-refractivity contribution >= 4 is 11.9 Å². The van der Waals surface area contributed by atoms with Gasteiger partial charge in [-0.2, -0.15) is 0 Å². The Morgan fingerprint density at radius 3 is 2.40 bits per heavy atom. The van der Waals surface area contributed by atoms with E-state index in [-0.39, 0.29) is 11.8 Å². The lowest BCUT2D eigenvalue weighted by atomic mass is 9.95. The average molecular weight is 283 g/mol. The molecule has 0 aliphatic heterocycles. The minimum Gasteiger partial charge on any atom is -0.481 e. The van der Waals surface area contributed by atoms with Crippen molar-refractivity contribution < 1.29 is 19.4 Å². The van der Waals surface area contributed by atoms with Crippen LogP contribution in [-0.2, 0) is 14.3 Å². The molecule has 2 aliphatic rings. The Morgan fingerprint density at radius 2 is 1.70 bits per heavy atom. The van der Waals surface area contributed by atoms with Gasteiger partial charge in [-0.05, 0) is 25.7 Å². The molecule has 0 bridgehead atoms. The lowest BCUT2D eigenvalue weighted by molar-refractivity contribution is -0.146. The van der Waals surface area contributed by atoms with Gasteiger partial charge in [0.25, 0.3) is 0 Å². The Labute approximate surface area is 120 Å². The number of nitrogens with one attached hydrogen (secondary N) is 1. The van der Waals surface area contributed by atoms with Gasteiger partial charge in [-0.3, -0.25) is 9.59 Å². The van der Waals surface area contributed by atoms with Crippen LogP contribution in [0.25, 0.3) is 0 Å². The molecule has 0 heterocycles. The predicted octanol–water partition coefficient (Wildman–Crippen LogP) is 1.95. The summed E-state index contributed by atoms with van der Waals surface area (Å²) < 4.78 is 5.74. The van der Waals surface area contributed by atoms with Crippen molar-refractivity contribution in [3.8, 4) is 0 Å². The molecule has 1 amide bonds. The standard InChI is InChI=1S/C15H25NO4/c17-14(12-7-4-8-13(12)15(18)19)16-9-10-20-11-5-2-1-3-6-11/h11-13H,1-10H2,(H,16,17)(H,18,19)/t12-,13+/m1/s1. The molecule has 20 heavy (non-hydrogen) atoms. The molecule has 0 radical (unpaired) electrons. The summed E-state index contributed by atoms with van der Waals surface area (Å²) in [6, 6.07) is 0. The smallest absolute Gasteiger partial charge is 0.307 e. The minimum absolute atomic E-state index is 0.123. The van der Waals surface area contributed by atoms with E-state index in [0.717, 1.165) is 19.3 Å². The monoisotopic (exact) mass is 283 g/mol. The number of hydrogen-bond acceptors (Lipinski definition) is 3. The Bertz CT molecular complexity index is 339. The van der Waals surface area contributed by atoms with E-state index in [2.05, 4.69) is 5.32 Å². The number of carboxylic acids is 1. The highest BCUT2D eigenvalue weighted by atomic mass is 16.5. The molecule has 0 aromatic rings. The zero-order valence-electron chi connectivity index (χ0n) is 12.0. The Kier molecular flexibility index (Phi) is 5.83. The average Bonchev–Trinajstić information content (AvgIpc) is 2.94. The van der Waals surface area contributed by atoms with E-state index in [1.54, 1.807) is 0 Å². The first-order valence-corrected chi connectivity index (χ1v) is 7.80. The van der Waals surface area contributed by atoms with Crippen molar-refractivity contribution in [3.05, 3.63) is 0 Å². The number of rotatable bonds is 6. The van der Waals surface area contributed by atoms with Crippen LogP contribution in [0.1, 0.15) is 51.4 Å². The van der Waals surface area contributed by atoms with Crippen LogP contribution in [-0.4, -0.2) is 36.2 Å². The number of carboxylic acid groups (broad SMARTS) is 1. The second kappa shape index (κ2) is 7.62. The van der Waals surface area contributed by atoms with Gasteiger partial charge in [0.2, 0.25) is 5.91 Å². The Balaban J connectivity index is 1.63. The molecule has 114 valence electrons. The van der Waals surface area contributed by atoms with Gasteiger partial charge >= 0.3 is 5.97 Å². The molecule has 5 heteroatoms. The van der Waals surface area contributed by atoms with E-state index in [1.807, 2.05) is 0 Å². The maximum absolute atomic E-state index is 12.0. The summed E-state index contributed by atoms with van der Waals surface area (Å²) in [6.45, 7) is 1.01. The number of ether oxygens (including phenoxy) is 1. The summed E-state index contributed by atoms with van der Waals surface area (Å²) in [4.78, 5) is 23.0. The van der Waals surface area contributed by atoms with E-state index in [0.29, 0.717) is 32.1 Å². The Hall–Kier alpha value is -1.10. The van der Waals surface area contributed by atoms with Crippen LogP contribution >= 0.6 is 0 Å². The van der Waals surface area contributed by atoms with Gasteiger partial charge in [-0.1, -0.05) is 25.7 Å². The van der Waals surface area contributed by atoms with Gasteiger partial charge in [-0.25, -0.2) is 0 Å². The number of hydrogen-bond donors (Lipinski definition) is 2. The maximum atomic E-state index is 12.0. The fourth-order valence-electron chi connectivity index (χ4n) is 3.33. The van der Waals surface area contributed by atoms with Gasteiger partial charge in [0.05, 0.1) is 24.5 Å². The molecule has 2 saturated carbocycles. The van der Waals surface area contributed by atoms with E-state index < -0.39 is 11.9 Å². The second-order valence-electron chi connectivity index (χ2n) is 5.90. The third-order valence-corrected chi connectivity index (χ3v) is 4.48. The lowest BCUT2D eigenvalue weighted by Gasteiger charge is -2.22. The highest BCUT2D eigenvalue weighted by Gasteiger charge is 2.37. The van der Waals surface area contributed by atoms with Gasteiger partial charge in [0, 0.05) is 6.54 Å². The summed E-state index contributed by atoms with van der Waals surface area (Å²) in [5, 5.41) is 11.9. The molecule has 2 atom stereocenters. The van der Waals surface area contributed by atoms with Gasteiger partial charge in [-0.15, -0.1) is 0 Å². The summed E-state index contributed by atoms with van der Waals surface area (Å²) in [7, 11) is 0. The first-order valence-electron chi connectivity index (χ1n) is 7.80. The molecule has 0 spiro atoms. The second-order valence-corrected chi connectivity index (χ2v) is 5.90.